The molecule has 1 aliphatic carbocycles. The Morgan fingerprint density at radius 2 is 2.18 bits per heavy atom. The van der Waals surface area contributed by atoms with E-state index >= 15 is 0 Å². The lowest BCUT2D eigenvalue weighted by Gasteiger charge is -2.58. The molecule has 150 valence electrons. The zero-order valence-electron chi connectivity index (χ0n) is 16.7. The molecule has 3 N–H and O–H groups in total. The number of nitrogens with zero attached hydrogens (tertiary/aromatic N) is 1. The second kappa shape index (κ2) is 5.38. The number of hydrogen-bond acceptors (Lipinski definition) is 5. The van der Waals surface area contributed by atoms with Crippen LogP contribution < -0.4 is 5.32 Å². The number of allylic oxidation sites excluding steroid dienone is 1. The largest absolute Gasteiger partial charge is 0.468 e. The molecule has 1 spiro atoms. The van der Waals surface area contributed by atoms with Crippen molar-refractivity contribution in [3.63, 3.8) is 0 Å². The highest BCUT2D eigenvalue weighted by Crippen LogP contribution is 2.74. The second-order valence-electron chi connectivity index (χ2n) is 9.16. The first-order valence-corrected chi connectivity index (χ1v) is 10.1. The first-order chi connectivity index (χ1) is 13.4. The van der Waals surface area contributed by atoms with E-state index in [4.69, 9.17) is 4.74 Å². The van der Waals surface area contributed by atoms with E-state index in [1.54, 1.807) is 0 Å². The molecule has 1 aromatic carbocycles. The van der Waals surface area contributed by atoms with E-state index < -0.39 is 22.6 Å². The number of aliphatic hydroxyl groups is 2. The highest BCUT2D eigenvalue weighted by molar-refractivity contribution is 5.85. The number of carbonyl (C=O) groups excluding carboxylic acids is 1. The van der Waals surface area contributed by atoms with Crippen molar-refractivity contribution >= 4 is 11.7 Å². The number of aliphatic hydroxyl groups excluding tert-OH is 2. The quantitative estimate of drug-likeness (QED) is 0.407. The van der Waals surface area contributed by atoms with Crippen LogP contribution in [0.15, 0.2) is 35.9 Å². The average molecular weight is 385 g/mol. The van der Waals surface area contributed by atoms with Crippen LogP contribution in [0.5, 0.6) is 0 Å². The van der Waals surface area contributed by atoms with Gasteiger partial charge in [-0.15, -0.1) is 0 Å². The van der Waals surface area contributed by atoms with E-state index in [-0.39, 0.29) is 18.5 Å². The third-order valence-corrected chi connectivity index (χ3v) is 8.64. The first-order valence-electron chi connectivity index (χ1n) is 10.1. The van der Waals surface area contributed by atoms with Gasteiger partial charge in [0.05, 0.1) is 32.7 Å². The summed E-state index contributed by atoms with van der Waals surface area (Å²) in [5, 5.41) is 26.2. The molecule has 4 heterocycles. The van der Waals surface area contributed by atoms with Crippen LogP contribution in [0.25, 0.3) is 0 Å². The lowest BCUT2D eigenvalue weighted by molar-refractivity contribution is -0.944. The van der Waals surface area contributed by atoms with Gasteiger partial charge in [0, 0.05) is 18.0 Å². The van der Waals surface area contributed by atoms with Crippen molar-refractivity contribution in [3.05, 3.63) is 41.5 Å². The summed E-state index contributed by atoms with van der Waals surface area (Å²) in [6.45, 7) is 3.26. The predicted molar refractivity (Wildman–Crippen MR) is 104 cm³/mol. The SMILES string of the molecule is CC=C1C[N+]2(C)CC[C@@]34c5ccccc5N[C@]32C(O)CC1[C@]4(CO)C(=O)OC. The molecule has 6 heteroatoms. The Kier molecular flexibility index (Phi) is 3.49. The van der Waals surface area contributed by atoms with Crippen LogP contribution in [0, 0.1) is 11.3 Å². The maximum atomic E-state index is 13.5. The molecule has 0 amide bonds. The monoisotopic (exact) mass is 385 g/mol. The number of nitrogens with one attached hydrogen (secondary N) is 1. The highest BCUT2D eigenvalue weighted by Gasteiger charge is 2.88. The smallest absolute Gasteiger partial charge is 0.316 e. The van der Waals surface area contributed by atoms with E-state index in [1.807, 2.05) is 25.1 Å². The standard InChI is InChI=1S/C22H29N2O4/c1-4-14-12-24(2)10-9-21-15-7-5-6-8-17(15)23-22(21,24)18(26)11-16(14)20(21,13-25)19(27)28-3/h4-8,16,18,23,25-26H,9-13H2,1-3H3/q+1/t16?,18?,20-,21+,22+,24?/m1/s1. The van der Waals surface area contributed by atoms with Crippen LogP contribution in [0.2, 0.25) is 0 Å². The van der Waals surface area contributed by atoms with Crippen LogP contribution >= 0.6 is 0 Å². The normalized spacial score (nSPS) is 46.7. The van der Waals surface area contributed by atoms with E-state index in [0.29, 0.717) is 17.3 Å². The van der Waals surface area contributed by atoms with E-state index in [2.05, 4.69) is 24.5 Å². The van der Waals surface area contributed by atoms with Crippen molar-refractivity contribution in [1.82, 2.24) is 0 Å². The van der Waals surface area contributed by atoms with Crippen molar-refractivity contribution in [3.8, 4) is 0 Å². The fourth-order valence-electron chi connectivity index (χ4n) is 7.70. The summed E-state index contributed by atoms with van der Waals surface area (Å²) in [6, 6.07) is 8.04. The molecule has 3 unspecified atom stereocenters. The highest BCUT2D eigenvalue weighted by atomic mass is 16.5. The Bertz CT molecular complexity index is 900. The third kappa shape index (κ3) is 1.52. The number of fused-ring (bicyclic) bond motifs is 3. The number of para-hydroxylation sites is 1. The number of carbonyl (C=O) groups is 1. The minimum Gasteiger partial charge on any atom is -0.468 e. The molecule has 6 nitrogen and oxygen atoms in total. The Balaban J connectivity index is 1.96. The number of rotatable bonds is 2. The molecule has 4 aliphatic heterocycles. The number of ether oxygens (including phenoxy) is 1. The third-order valence-electron chi connectivity index (χ3n) is 8.64. The van der Waals surface area contributed by atoms with Crippen LogP contribution in [0.1, 0.15) is 25.3 Å². The summed E-state index contributed by atoms with van der Waals surface area (Å²) < 4.78 is 5.98. The number of likely N-dealkylation sites (N-methyl/N-ethyl adjacent to an activating group) is 1. The van der Waals surface area contributed by atoms with Gasteiger partial charge < -0.3 is 20.3 Å². The van der Waals surface area contributed by atoms with Crippen LogP contribution in [-0.2, 0) is 14.9 Å². The number of esters is 1. The van der Waals surface area contributed by atoms with Gasteiger partial charge in [-0.2, -0.15) is 0 Å². The van der Waals surface area contributed by atoms with Crippen molar-refractivity contribution < 1.29 is 24.2 Å². The summed E-state index contributed by atoms with van der Waals surface area (Å²) in [5.74, 6) is -0.629. The second-order valence-corrected chi connectivity index (χ2v) is 9.16. The summed E-state index contributed by atoms with van der Waals surface area (Å²) in [7, 11) is 3.59. The van der Waals surface area contributed by atoms with Gasteiger partial charge in [-0.05, 0) is 30.5 Å². The molecule has 3 saturated heterocycles. The van der Waals surface area contributed by atoms with Crippen LogP contribution in [0.4, 0.5) is 5.69 Å². The number of benzene rings is 1. The Labute approximate surface area is 165 Å². The van der Waals surface area contributed by atoms with Crippen LogP contribution in [-0.4, -0.2) is 66.3 Å². The topological polar surface area (TPSA) is 78.8 Å². The molecule has 1 aromatic rings. The Morgan fingerprint density at radius 1 is 1.43 bits per heavy atom. The molecule has 4 fully saturated rings. The average Bonchev–Trinajstić information content (AvgIpc) is 3.12. The van der Waals surface area contributed by atoms with Gasteiger partial charge in [-0.3, -0.25) is 9.28 Å². The minimum atomic E-state index is -1.13. The molecular weight excluding hydrogens is 356 g/mol. The van der Waals surface area contributed by atoms with Gasteiger partial charge in [0.2, 0.25) is 5.66 Å². The van der Waals surface area contributed by atoms with E-state index in [1.165, 1.54) is 7.11 Å². The number of hydrogen-bond donors (Lipinski definition) is 3. The summed E-state index contributed by atoms with van der Waals surface area (Å²) in [4.78, 5) is 13.5. The number of anilines is 1. The van der Waals surface area contributed by atoms with Gasteiger partial charge in [0.15, 0.2) is 0 Å². The van der Waals surface area contributed by atoms with Crippen LogP contribution in [0.3, 0.4) is 0 Å². The summed E-state index contributed by atoms with van der Waals surface area (Å²) in [5.41, 5.74) is 0.476. The van der Waals surface area contributed by atoms with Crippen molar-refractivity contribution in [2.45, 2.75) is 36.9 Å². The van der Waals surface area contributed by atoms with Crippen molar-refractivity contribution in [1.29, 1.82) is 0 Å². The van der Waals surface area contributed by atoms with Gasteiger partial charge in [0.1, 0.15) is 18.1 Å². The molecule has 6 atom stereocenters. The molecule has 28 heavy (non-hydrogen) atoms. The van der Waals surface area contributed by atoms with Crippen molar-refractivity contribution in [2.24, 2.45) is 11.3 Å². The number of quaternary nitrogens is 1. The van der Waals surface area contributed by atoms with Gasteiger partial charge >= 0.3 is 5.97 Å². The lowest BCUT2D eigenvalue weighted by atomic mass is 9.45. The first kappa shape index (κ1) is 18.2. The molecule has 1 saturated carbocycles. The molecule has 0 aromatic heterocycles. The maximum absolute atomic E-state index is 13.5. The maximum Gasteiger partial charge on any atom is 0.316 e. The molecule has 5 aliphatic rings. The summed E-state index contributed by atoms with van der Waals surface area (Å²) >= 11 is 0. The molecule has 0 radical (unpaired) electrons. The Hall–Kier alpha value is -1.89. The van der Waals surface area contributed by atoms with Gasteiger partial charge in [0.25, 0.3) is 0 Å². The van der Waals surface area contributed by atoms with Gasteiger partial charge in [-0.1, -0.05) is 24.3 Å². The fraction of sp³-hybridized carbons (Fsp3) is 0.591. The fourth-order valence-corrected chi connectivity index (χ4v) is 7.70. The molecule has 6 rings (SSSR count). The van der Waals surface area contributed by atoms with E-state index in [9.17, 15) is 15.0 Å². The zero-order valence-corrected chi connectivity index (χ0v) is 16.7. The van der Waals surface area contributed by atoms with E-state index in [0.717, 1.165) is 29.9 Å². The van der Waals surface area contributed by atoms with Gasteiger partial charge in [-0.25, -0.2) is 0 Å². The molecule has 4 bridgehead atoms. The Morgan fingerprint density at radius 3 is 2.86 bits per heavy atom. The summed E-state index contributed by atoms with van der Waals surface area (Å²) in [6.07, 6.45) is 2.59. The minimum absolute atomic E-state index is 0.258. The number of methoxy groups -OCH3 is 1. The zero-order chi connectivity index (χ0) is 19.9. The molecular formula is C22H29N2O4+. The lowest BCUT2D eigenvalue weighted by Crippen LogP contribution is -2.78. The van der Waals surface area contributed by atoms with Crippen molar-refractivity contribution in [2.75, 3.05) is 39.2 Å². The predicted octanol–water partition coefficient (Wildman–Crippen LogP) is 1.39.